The molecule has 3 aromatic carbocycles. The van der Waals surface area contributed by atoms with Crippen LogP contribution in [0.1, 0.15) is 21.5 Å². The van der Waals surface area contributed by atoms with E-state index in [0.717, 1.165) is 16.5 Å². The number of carbonyl (C=O) groups is 1. The van der Waals surface area contributed by atoms with E-state index in [2.05, 4.69) is 9.97 Å². The topological polar surface area (TPSA) is 106 Å². The van der Waals surface area contributed by atoms with Crippen molar-refractivity contribution < 1.29 is 9.72 Å². The number of carbonyl (C=O) groups excluding carboxylic acids is 1. The van der Waals surface area contributed by atoms with E-state index in [1.807, 2.05) is 31.2 Å². The fourth-order valence-electron chi connectivity index (χ4n) is 4.17. The van der Waals surface area contributed by atoms with Gasteiger partial charge in [-0.2, -0.15) is 0 Å². The highest BCUT2D eigenvalue weighted by Crippen LogP contribution is 2.32. The molecule has 0 aliphatic carbocycles. The van der Waals surface area contributed by atoms with Gasteiger partial charge >= 0.3 is 0 Å². The molecule has 2 heterocycles. The van der Waals surface area contributed by atoms with Crippen LogP contribution in [0.2, 0.25) is 5.15 Å². The Morgan fingerprint density at radius 1 is 1.06 bits per heavy atom. The molecule has 0 fully saturated rings. The van der Waals surface area contributed by atoms with Gasteiger partial charge < -0.3 is 4.98 Å². The van der Waals surface area contributed by atoms with Gasteiger partial charge in [-0.1, -0.05) is 54.1 Å². The van der Waals surface area contributed by atoms with Crippen molar-refractivity contribution in [2.75, 3.05) is 0 Å². The maximum Gasteiger partial charge on any atom is 0.270 e. The Morgan fingerprint density at radius 2 is 1.83 bits per heavy atom. The number of aryl methyl sites for hydroxylation is 1. The van der Waals surface area contributed by atoms with Crippen LogP contribution >= 0.6 is 11.6 Å². The van der Waals surface area contributed by atoms with Crippen LogP contribution in [0.15, 0.2) is 83.7 Å². The van der Waals surface area contributed by atoms with Gasteiger partial charge in [0, 0.05) is 39.5 Å². The van der Waals surface area contributed by atoms with Crippen molar-refractivity contribution in [1.82, 2.24) is 9.97 Å². The van der Waals surface area contributed by atoms with Gasteiger partial charge in [-0.05, 0) is 48.4 Å². The molecule has 0 aliphatic heterocycles. The van der Waals surface area contributed by atoms with Gasteiger partial charge in [0.25, 0.3) is 11.2 Å². The Labute approximate surface area is 209 Å². The summed E-state index contributed by atoms with van der Waals surface area (Å²) in [6, 6.07) is 20.6. The van der Waals surface area contributed by atoms with Crippen molar-refractivity contribution in [2.45, 2.75) is 6.92 Å². The number of nitrogens with zero attached hydrogens (tertiary/aromatic N) is 2. The van der Waals surface area contributed by atoms with E-state index >= 15 is 0 Å². The summed E-state index contributed by atoms with van der Waals surface area (Å²) in [5, 5.41) is 12.9. The summed E-state index contributed by atoms with van der Waals surface area (Å²) >= 11 is 6.36. The standard InChI is InChI=1S/C28H18ClN3O4/c1-16-7-8-18-14-19(27(29)30-23(18)13-16)9-12-24(33)26-25(17-5-3-2-4-6-17)21-15-20(32(35)36)10-11-22(21)31-28(26)34/h2-15H,1H3,(H,31,34). The molecule has 0 saturated carbocycles. The first-order chi connectivity index (χ1) is 17.3. The fraction of sp³-hybridized carbons (Fsp3) is 0.0357. The number of rotatable bonds is 5. The molecule has 0 saturated heterocycles. The lowest BCUT2D eigenvalue weighted by atomic mass is 9.93. The first-order valence-electron chi connectivity index (χ1n) is 11.0. The van der Waals surface area contributed by atoms with Crippen molar-refractivity contribution in [3.05, 3.63) is 121 Å². The van der Waals surface area contributed by atoms with Crippen molar-refractivity contribution in [2.24, 2.45) is 0 Å². The van der Waals surface area contributed by atoms with E-state index in [0.29, 0.717) is 27.6 Å². The van der Waals surface area contributed by atoms with E-state index in [4.69, 9.17) is 11.6 Å². The normalized spacial score (nSPS) is 11.4. The Bertz CT molecular complexity index is 1780. The smallest absolute Gasteiger partial charge is 0.270 e. The molecule has 0 spiro atoms. The number of H-pyrrole nitrogens is 1. The largest absolute Gasteiger partial charge is 0.321 e. The number of nitrogens with one attached hydrogen (secondary N) is 1. The number of non-ortho nitro benzene ring substituents is 1. The Hall–Kier alpha value is -4.62. The number of hydrogen-bond donors (Lipinski definition) is 1. The molecular formula is C28H18ClN3O4. The summed E-state index contributed by atoms with van der Waals surface area (Å²) in [6.45, 7) is 1.96. The lowest BCUT2D eigenvalue weighted by Gasteiger charge is -2.11. The van der Waals surface area contributed by atoms with Crippen LogP contribution in [0.25, 0.3) is 39.0 Å². The summed E-state index contributed by atoms with van der Waals surface area (Å²) in [4.78, 5) is 44.5. The highest BCUT2D eigenvalue weighted by molar-refractivity contribution is 6.31. The SMILES string of the molecule is Cc1ccc2cc(C=CC(=O)c3c(-c4ccccc4)c4cc([N+](=O)[O-])ccc4[nH]c3=O)c(Cl)nc2c1. The third-order valence-corrected chi connectivity index (χ3v) is 6.19. The number of fused-ring (bicyclic) bond motifs is 2. The second kappa shape index (κ2) is 9.20. The van der Waals surface area contributed by atoms with Crippen LogP contribution in [-0.4, -0.2) is 20.7 Å². The van der Waals surface area contributed by atoms with Crippen LogP contribution < -0.4 is 5.56 Å². The number of nitro groups is 1. The summed E-state index contributed by atoms with van der Waals surface area (Å²) in [5.74, 6) is -0.566. The fourth-order valence-corrected chi connectivity index (χ4v) is 4.38. The minimum Gasteiger partial charge on any atom is -0.321 e. The van der Waals surface area contributed by atoms with Crippen LogP contribution in [0.3, 0.4) is 0 Å². The number of pyridine rings is 2. The summed E-state index contributed by atoms with van der Waals surface area (Å²) in [6.07, 6.45) is 2.78. The average Bonchev–Trinajstić information content (AvgIpc) is 2.86. The number of aromatic amines is 1. The molecular weight excluding hydrogens is 478 g/mol. The maximum atomic E-state index is 13.4. The van der Waals surface area contributed by atoms with Crippen molar-refractivity contribution in [3.63, 3.8) is 0 Å². The molecule has 0 radical (unpaired) electrons. The van der Waals surface area contributed by atoms with Crippen LogP contribution in [0, 0.1) is 17.0 Å². The Morgan fingerprint density at radius 3 is 2.58 bits per heavy atom. The van der Waals surface area contributed by atoms with E-state index in [1.165, 1.54) is 30.4 Å². The second-order valence-electron chi connectivity index (χ2n) is 8.32. The zero-order valence-corrected chi connectivity index (χ0v) is 19.7. The number of hydrogen-bond acceptors (Lipinski definition) is 5. The zero-order valence-electron chi connectivity index (χ0n) is 19.0. The van der Waals surface area contributed by atoms with Gasteiger partial charge in [0.05, 0.1) is 16.0 Å². The quantitative estimate of drug-likeness (QED) is 0.0983. The molecule has 0 amide bonds. The van der Waals surface area contributed by atoms with Gasteiger partial charge in [0.2, 0.25) is 0 Å². The summed E-state index contributed by atoms with van der Waals surface area (Å²) < 4.78 is 0. The molecule has 1 N–H and O–H groups in total. The van der Waals surface area contributed by atoms with Crippen LogP contribution in [0.4, 0.5) is 5.69 Å². The predicted molar refractivity (Wildman–Crippen MR) is 142 cm³/mol. The predicted octanol–water partition coefficient (Wildman–Crippen LogP) is 6.51. The van der Waals surface area contributed by atoms with Crippen molar-refractivity contribution >= 4 is 51.0 Å². The van der Waals surface area contributed by atoms with E-state index < -0.39 is 16.3 Å². The number of halogens is 1. The number of ketones is 1. The number of allylic oxidation sites excluding steroid dienone is 1. The lowest BCUT2D eigenvalue weighted by molar-refractivity contribution is -0.384. The molecule has 176 valence electrons. The van der Waals surface area contributed by atoms with Gasteiger partial charge in [-0.3, -0.25) is 19.7 Å². The van der Waals surface area contributed by atoms with E-state index in [9.17, 15) is 19.7 Å². The highest BCUT2D eigenvalue weighted by atomic mass is 35.5. The Balaban J connectivity index is 1.67. The number of nitro benzene ring substituents is 1. The molecule has 5 aromatic rings. The summed E-state index contributed by atoms with van der Waals surface area (Å²) in [5.41, 5.74) is 2.75. The zero-order chi connectivity index (χ0) is 25.4. The van der Waals surface area contributed by atoms with E-state index in [1.54, 1.807) is 30.3 Å². The minimum atomic E-state index is -0.594. The van der Waals surface area contributed by atoms with Crippen molar-refractivity contribution in [1.29, 1.82) is 0 Å². The number of aromatic nitrogens is 2. The molecule has 36 heavy (non-hydrogen) atoms. The molecule has 7 nitrogen and oxygen atoms in total. The molecule has 0 unspecified atom stereocenters. The van der Waals surface area contributed by atoms with Gasteiger partial charge in [0.1, 0.15) is 5.15 Å². The first-order valence-corrected chi connectivity index (χ1v) is 11.4. The molecule has 0 aliphatic rings. The summed E-state index contributed by atoms with van der Waals surface area (Å²) in [7, 11) is 0. The third kappa shape index (κ3) is 4.28. The van der Waals surface area contributed by atoms with E-state index in [-0.39, 0.29) is 16.4 Å². The monoisotopic (exact) mass is 495 g/mol. The molecule has 0 atom stereocenters. The van der Waals surface area contributed by atoms with Gasteiger partial charge in [0.15, 0.2) is 5.78 Å². The highest BCUT2D eigenvalue weighted by Gasteiger charge is 2.21. The van der Waals surface area contributed by atoms with Gasteiger partial charge in [-0.15, -0.1) is 0 Å². The molecule has 5 rings (SSSR count). The first kappa shape index (κ1) is 23.1. The average molecular weight is 496 g/mol. The van der Waals surface area contributed by atoms with Crippen LogP contribution in [-0.2, 0) is 0 Å². The molecule has 0 bridgehead atoms. The number of benzene rings is 3. The lowest BCUT2D eigenvalue weighted by Crippen LogP contribution is -2.18. The molecule has 8 heteroatoms. The third-order valence-electron chi connectivity index (χ3n) is 5.89. The van der Waals surface area contributed by atoms with Crippen LogP contribution in [0.5, 0.6) is 0 Å². The van der Waals surface area contributed by atoms with Gasteiger partial charge in [-0.25, -0.2) is 4.98 Å². The van der Waals surface area contributed by atoms with Crippen molar-refractivity contribution in [3.8, 4) is 11.1 Å². The minimum absolute atomic E-state index is 0.119. The molecule has 2 aromatic heterocycles. The maximum absolute atomic E-state index is 13.4. The second-order valence-corrected chi connectivity index (χ2v) is 8.68. The Kier molecular flexibility index (Phi) is 5.91.